The molecule has 0 unspecified atom stereocenters. The summed E-state index contributed by atoms with van der Waals surface area (Å²) in [6.07, 6.45) is 5.19. The molecular weight excluding hydrogens is 193 g/mol. The molecular formula is C11H8FN3. The molecule has 0 saturated heterocycles. The number of hydrogen-bond acceptors (Lipinski definition) is 2. The number of terminal acetylenes is 1. The number of rotatable bonds is 1. The van der Waals surface area contributed by atoms with Crippen molar-refractivity contribution in [2.75, 3.05) is 0 Å². The second-order valence-corrected chi connectivity index (χ2v) is 3.02. The van der Waals surface area contributed by atoms with Crippen LogP contribution in [-0.4, -0.2) is 14.8 Å². The molecule has 0 saturated carbocycles. The SMILES string of the molecule is C#Cc1nc(C)n(-c2ccc(F)cc2)n1. The molecule has 0 bridgehead atoms. The minimum absolute atomic E-state index is 0.284. The number of benzene rings is 1. The van der Waals surface area contributed by atoms with Gasteiger partial charge in [0.25, 0.3) is 0 Å². The first kappa shape index (κ1) is 9.41. The Morgan fingerprint density at radius 2 is 2.00 bits per heavy atom. The summed E-state index contributed by atoms with van der Waals surface area (Å²) >= 11 is 0. The lowest BCUT2D eigenvalue weighted by Crippen LogP contribution is -1.99. The fraction of sp³-hybridized carbons (Fsp3) is 0.0909. The normalized spacial score (nSPS) is 9.93. The highest BCUT2D eigenvalue weighted by Gasteiger charge is 2.05. The molecule has 1 aromatic heterocycles. The van der Waals surface area contributed by atoms with Gasteiger partial charge < -0.3 is 0 Å². The molecule has 0 atom stereocenters. The van der Waals surface area contributed by atoms with E-state index in [2.05, 4.69) is 16.0 Å². The summed E-state index contributed by atoms with van der Waals surface area (Å²) in [4.78, 5) is 4.05. The first-order valence-electron chi connectivity index (χ1n) is 4.37. The van der Waals surface area contributed by atoms with Gasteiger partial charge in [-0.2, -0.15) is 0 Å². The van der Waals surface area contributed by atoms with Crippen LogP contribution in [0.4, 0.5) is 4.39 Å². The zero-order valence-corrected chi connectivity index (χ0v) is 8.11. The number of aromatic nitrogens is 3. The Bertz CT molecular complexity index is 520. The molecule has 4 heteroatoms. The molecule has 1 heterocycles. The predicted octanol–water partition coefficient (Wildman–Crippen LogP) is 1.70. The summed E-state index contributed by atoms with van der Waals surface area (Å²) in [5.74, 6) is 3.07. The third-order valence-electron chi connectivity index (χ3n) is 1.97. The molecule has 0 aliphatic rings. The second-order valence-electron chi connectivity index (χ2n) is 3.02. The van der Waals surface area contributed by atoms with Crippen molar-refractivity contribution in [1.29, 1.82) is 0 Å². The smallest absolute Gasteiger partial charge is 0.217 e. The van der Waals surface area contributed by atoms with E-state index >= 15 is 0 Å². The molecule has 0 radical (unpaired) electrons. The van der Waals surface area contributed by atoms with E-state index < -0.39 is 0 Å². The topological polar surface area (TPSA) is 30.7 Å². The highest BCUT2D eigenvalue weighted by molar-refractivity contribution is 5.32. The van der Waals surface area contributed by atoms with Gasteiger partial charge in [-0.25, -0.2) is 14.1 Å². The third-order valence-corrected chi connectivity index (χ3v) is 1.97. The van der Waals surface area contributed by atoms with E-state index in [1.54, 1.807) is 23.7 Å². The number of nitrogens with zero attached hydrogens (tertiary/aromatic N) is 3. The molecule has 0 amide bonds. The first-order valence-corrected chi connectivity index (χ1v) is 4.37. The molecule has 0 fully saturated rings. The largest absolute Gasteiger partial charge is 0.225 e. The fourth-order valence-corrected chi connectivity index (χ4v) is 1.28. The van der Waals surface area contributed by atoms with Crippen LogP contribution in [0.15, 0.2) is 24.3 Å². The van der Waals surface area contributed by atoms with Crippen LogP contribution in [-0.2, 0) is 0 Å². The Balaban J connectivity index is 2.50. The maximum absolute atomic E-state index is 12.7. The molecule has 15 heavy (non-hydrogen) atoms. The Kier molecular flexibility index (Phi) is 2.22. The van der Waals surface area contributed by atoms with Gasteiger partial charge in [0.2, 0.25) is 5.82 Å². The van der Waals surface area contributed by atoms with Gasteiger partial charge in [0.05, 0.1) is 5.69 Å². The highest BCUT2D eigenvalue weighted by atomic mass is 19.1. The van der Waals surface area contributed by atoms with Crippen molar-refractivity contribution in [2.24, 2.45) is 0 Å². The Morgan fingerprint density at radius 1 is 1.33 bits per heavy atom. The maximum atomic E-state index is 12.7. The summed E-state index contributed by atoms with van der Waals surface area (Å²) in [6.45, 7) is 1.79. The average Bonchev–Trinajstić information content (AvgIpc) is 2.61. The Hall–Kier alpha value is -2.15. The van der Waals surface area contributed by atoms with Crippen LogP contribution in [0.1, 0.15) is 11.6 Å². The van der Waals surface area contributed by atoms with Gasteiger partial charge >= 0.3 is 0 Å². The van der Waals surface area contributed by atoms with Crippen molar-refractivity contribution in [3.8, 4) is 18.0 Å². The molecule has 2 rings (SSSR count). The Morgan fingerprint density at radius 3 is 2.53 bits per heavy atom. The summed E-state index contributed by atoms with van der Waals surface area (Å²) in [7, 11) is 0. The first-order chi connectivity index (χ1) is 7.20. The molecule has 0 aliphatic carbocycles. The van der Waals surface area contributed by atoms with Crippen LogP contribution in [0.25, 0.3) is 5.69 Å². The molecule has 74 valence electrons. The van der Waals surface area contributed by atoms with E-state index in [0.717, 1.165) is 5.69 Å². The van der Waals surface area contributed by atoms with Crippen LogP contribution in [0.2, 0.25) is 0 Å². The van der Waals surface area contributed by atoms with E-state index in [-0.39, 0.29) is 5.82 Å². The summed E-state index contributed by atoms with van der Waals surface area (Å²) in [5.41, 5.74) is 0.739. The van der Waals surface area contributed by atoms with Gasteiger partial charge in [-0.05, 0) is 37.1 Å². The summed E-state index contributed by atoms with van der Waals surface area (Å²) < 4.78 is 14.3. The fourth-order valence-electron chi connectivity index (χ4n) is 1.28. The standard InChI is InChI=1S/C11H8FN3/c1-3-11-13-8(2)15(14-11)10-6-4-9(12)5-7-10/h1,4-7H,2H3. The van der Waals surface area contributed by atoms with Crippen molar-refractivity contribution < 1.29 is 4.39 Å². The Labute approximate surface area is 86.6 Å². The molecule has 2 aromatic rings. The zero-order valence-electron chi connectivity index (χ0n) is 8.11. The lowest BCUT2D eigenvalue weighted by molar-refractivity contribution is 0.627. The van der Waals surface area contributed by atoms with Crippen molar-refractivity contribution in [2.45, 2.75) is 6.92 Å². The van der Waals surface area contributed by atoms with Crippen LogP contribution < -0.4 is 0 Å². The molecule has 0 N–H and O–H groups in total. The quantitative estimate of drug-likeness (QED) is 0.657. The molecule has 1 aromatic carbocycles. The maximum Gasteiger partial charge on any atom is 0.225 e. The van der Waals surface area contributed by atoms with Gasteiger partial charge in [-0.3, -0.25) is 0 Å². The van der Waals surface area contributed by atoms with Crippen LogP contribution >= 0.6 is 0 Å². The lowest BCUT2D eigenvalue weighted by atomic mass is 10.3. The monoisotopic (exact) mass is 201 g/mol. The van der Waals surface area contributed by atoms with E-state index in [4.69, 9.17) is 6.42 Å². The zero-order chi connectivity index (χ0) is 10.8. The van der Waals surface area contributed by atoms with Crippen molar-refractivity contribution >= 4 is 0 Å². The van der Waals surface area contributed by atoms with Crippen molar-refractivity contribution in [3.63, 3.8) is 0 Å². The number of halogens is 1. The van der Waals surface area contributed by atoms with E-state index in [1.807, 2.05) is 0 Å². The third kappa shape index (κ3) is 1.72. The highest BCUT2D eigenvalue weighted by Crippen LogP contribution is 2.09. The van der Waals surface area contributed by atoms with Gasteiger partial charge in [0.1, 0.15) is 11.6 Å². The van der Waals surface area contributed by atoms with E-state index in [0.29, 0.717) is 11.6 Å². The van der Waals surface area contributed by atoms with Gasteiger partial charge in [0, 0.05) is 0 Å². The number of aryl methyl sites for hydroxylation is 1. The summed E-state index contributed by atoms with van der Waals surface area (Å²) in [5, 5.41) is 4.08. The van der Waals surface area contributed by atoms with E-state index in [9.17, 15) is 4.39 Å². The lowest BCUT2D eigenvalue weighted by Gasteiger charge is -2.01. The molecule has 3 nitrogen and oxygen atoms in total. The van der Waals surface area contributed by atoms with Gasteiger partial charge in [0.15, 0.2) is 0 Å². The van der Waals surface area contributed by atoms with Crippen LogP contribution in [0.5, 0.6) is 0 Å². The molecule has 0 spiro atoms. The summed E-state index contributed by atoms with van der Waals surface area (Å²) in [6, 6.07) is 5.98. The van der Waals surface area contributed by atoms with Gasteiger partial charge in [-0.1, -0.05) is 0 Å². The minimum atomic E-state index is -0.284. The predicted molar refractivity (Wildman–Crippen MR) is 54.0 cm³/mol. The van der Waals surface area contributed by atoms with Crippen molar-refractivity contribution in [1.82, 2.24) is 14.8 Å². The van der Waals surface area contributed by atoms with Crippen LogP contribution in [0.3, 0.4) is 0 Å². The number of hydrogen-bond donors (Lipinski definition) is 0. The molecule has 0 aliphatic heterocycles. The minimum Gasteiger partial charge on any atom is -0.217 e. The van der Waals surface area contributed by atoms with Gasteiger partial charge in [-0.15, -0.1) is 11.5 Å². The van der Waals surface area contributed by atoms with Crippen LogP contribution in [0, 0.1) is 25.1 Å². The van der Waals surface area contributed by atoms with E-state index in [1.165, 1.54) is 12.1 Å². The second kappa shape index (κ2) is 3.54. The van der Waals surface area contributed by atoms with Crippen molar-refractivity contribution in [3.05, 3.63) is 41.7 Å². The average molecular weight is 201 g/mol.